The number of anilines is 1. The molecule has 8 heteroatoms. The Morgan fingerprint density at radius 1 is 1.22 bits per heavy atom. The number of benzene rings is 1. The summed E-state index contributed by atoms with van der Waals surface area (Å²) in [5.74, 6) is 1.66. The number of aromatic nitrogens is 1. The molecule has 1 fully saturated rings. The van der Waals surface area contributed by atoms with Crippen molar-refractivity contribution in [3.63, 3.8) is 0 Å². The molecule has 0 saturated carbocycles. The molecule has 0 radical (unpaired) electrons. The van der Waals surface area contributed by atoms with Crippen LogP contribution in [0.3, 0.4) is 0 Å². The Balaban J connectivity index is 1.26. The van der Waals surface area contributed by atoms with Crippen molar-refractivity contribution in [2.75, 3.05) is 31.6 Å². The number of fused-ring (bicyclic) bond motifs is 2. The van der Waals surface area contributed by atoms with Gasteiger partial charge in [-0.2, -0.15) is 0 Å². The van der Waals surface area contributed by atoms with E-state index in [0.717, 1.165) is 44.0 Å². The fourth-order valence-corrected chi connectivity index (χ4v) is 5.68. The molecule has 36 heavy (non-hydrogen) atoms. The van der Waals surface area contributed by atoms with Crippen LogP contribution >= 0.6 is 0 Å². The van der Waals surface area contributed by atoms with Crippen molar-refractivity contribution in [2.24, 2.45) is 21.3 Å². The lowest BCUT2D eigenvalue weighted by atomic mass is 9.90. The molecule has 4 heterocycles. The van der Waals surface area contributed by atoms with Crippen molar-refractivity contribution in [3.8, 4) is 0 Å². The highest BCUT2D eigenvalue weighted by Crippen LogP contribution is 2.34. The van der Waals surface area contributed by atoms with Gasteiger partial charge in [-0.05, 0) is 62.2 Å². The van der Waals surface area contributed by atoms with Gasteiger partial charge in [-0.15, -0.1) is 0 Å². The van der Waals surface area contributed by atoms with Gasteiger partial charge in [-0.25, -0.2) is 4.99 Å². The molecule has 2 atom stereocenters. The predicted octanol–water partition coefficient (Wildman–Crippen LogP) is 3.73. The van der Waals surface area contributed by atoms with Gasteiger partial charge in [-0.3, -0.25) is 9.79 Å². The number of amides is 1. The summed E-state index contributed by atoms with van der Waals surface area (Å²) in [5, 5.41) is 14.2. The monoisotopic (exact) mass is 490 g/mol. The van der Waals surface area contributed by atoms with Crippen LogP contribution in [-0.4, -0.2) is 75.4 Å². The molecule has 192 valence electrons. The fraction of sp³-hybridized carbons (Fsp3) is 0.536. The molecule has 1 aromatic carbocycles. The van der Waals surface area contributed by atoms with Gasteiger partial charge in [0.1, 0.15) is 23.8 Å². The number of nitrogens with one attached hydrogen (secondary N) is 1. The summed E-state index contributed by atoms with van der Waals surface area (Å²) in [6.07, 6.45) is 9.95. The second-order valence-electron chi connectivity index (χ2n) is 11.4. The molecule has 5 rings (SSSR count). The Hall–Kier alpha value is -3.13. The lowest BCUT2D eigenvalue weighted by Gasteiger charge is -2.41. The summed E-state index contributed by atoms with van der Waals surface area (Å²) >= 11 is 0. The molecular formula is C28H38N6O2. The number of β-amino-alcohol motifs (C(OH)–C–C–N with tert-alkyl or cyclic N) is 1. The first-order valence-corrected chi connectivity index (χ1v) is 13.0. The number of carbonyl (C=O) groups excluding carboxylic acids is 1. The van der Waals surface area contributed by atoms with Crippen LogP contribution in [0.15, 0.2) is 52.7 Å². The highest BCUT2D eigenvalue weighted by Gasteiger charge is 2.47. The van der Waals surface area contributed by atoms with Crippen LogP contribution in [-0.2, 0) is 11.3 Å². The molecule has 2 aromatic rings. The number of piperidine rings is 1. The number of nitrogens with zero attached hydrogens (tertiary/aromatic N) is 5. The molecule has 2 N–H and O–H groups in total. The van der Waals surface area contributed by atoms with Crippen molar-refractivity contribution in [1.82, 2.24) is 14.4 Å². The van der Waals surface area contributed by atoms with E-state index in [9.17, 15) is 9.90 Å². The van der Waals surface area contributed by atoms with Gasteiger partial charge in [-0.1, -0.05) is 20.8 Å². The molecule has 0 bridgehead atoms. The van der Waals surface area contributed by atoms with Gasteiger partial charge in [0.25, 0.3) is 0 Å². The smallest absolute Gasteiger partial charge is 0.227 e. The number of aliphatic hydroxyl groups excluding tert-OH is 1. The van der Waals surface area contributed by atoms with Crippen LogP contribution < -0.4 is 5.32 Å². The van der Waals surface area contributed by atoms with E-state index in [1.165, 1.54) is 10.9 Å². The van der Waals surface area contributed by atoms with Gasteiger partial charge >= 0.3 is 0 Å². The fourth-order valence-electron chi connectivity index (χ4n) is 5.68. The van der Waals surface area contributed by atoms with E-state index in [2.05, 4.69) is 68.2 Å². The van der Waals surface area contributed by atoms with E-state index < -0.39 is 5.54 Å². The third-order valence-electron chi connectivity index (χ3n) is 7.89. The molecule has 3 aliphatic heterocycles. The lowest BCUT2D eigenvalue weighted by molar-refractivity contribution is -0.140. The van der Waals surface area contributed by atoms with Gasteiger partial charge < -0.3 is 24.8 Å². The van der Waals surface area contributed by atoms with E-state index >= 15 is 0 Å². The van der Waals surface area contributed by atoms with Crippen LogP contribution in [0.25, 0.3) is 10.9 Å². The Bertz CT molecular complexity index is 1210. The van der Waals surface area contributed by atoms with Gasteiger partial charge in [0.2, 0.25) is 5.91 Å². The van der Waals surface area contributed by atoms with E-state index in [1.54, 1.807) is 6.34 Å². The maximum Gasteiger partial charge on any atom is 0.227 e. The first kappa shape index (κ1) is 24.6. The standard InChI is InChI=1S/C28H38N6O2/c1-27(2,3)26(36)32-11-7-20(8-12-32)18-33-13-9-21-17-22(5-6-23(21)33)31-25-28(4)24(29-19-30-25)10-14-34(28)15-16-35/h5-6,9-10,13-14,17,19-20,24,35H,7-8,11-12,15-16,18H2,1-4H3,(H,29,30,31). The molecule has 0 aliphatic carbocycles. The van der Waals surface area contributed by atoms with Crippen molar-refractivity contribution in [3.05, 3.63) is 42.7 Å². The maximum absolute atomic E-state index is 12.6. The molecular weight excluding hydrogens is 452 g/mol. The Morgan fingerprint density at radius 3 is 2.72 bits per heavy atom. The van der Waals surface area contributed by atoms with Gasteiger partial charge in [0.05, 0.1) is 6.61 Å². The average molecular weight is 491 g/mol. The highest BCUT2D eigenvalue weighted by atomic mass is 16.3. The van der Waals surface area contributed by atoms with E-state index in [1.807, 2.05) is 31.9 Å². The molecule has 3 aliphatic rings. The van der Waals surface area contributed by atoms with E-state index in [4.69, 9.17) is 0 Å². The summed E-state index contributed by atoms with van der Waals surface area (Å²) in [4.78, 5) is 25.9. The summed E-state index contributed by atoms with van der Waals surface area (Å²) in [6.45, 7) is 11.4. The second kappa shape index (κ2) is 9.39. The minimum Gasteiger partial charge on any atom is -0.395 e. The van der Waals surface area contributed by atoms with Crippen molar-refractivity contribution in [2.45, 2.75) is 58.7 Å². The minimum absolute atomic E-state index is 0.0287. The Labute approximate surface area is 213 Å². The number of hydrogen-bond acceptors (Lipinski definition) is 6. The SMILES string of the molecule is CC(C)(C)C(=O)N1CCC(Cn2ccc3cc(NC4=NC=NC5C=CN(CCO)C45C)ccc32)CC1. The molecule has 1 amide bonds. The summed E-state index contributed by atoms with van der Waals surface area (Å²) in [6, 6.07) is 8.59. The number of rotatable bonds is 5. The van der Waals surface area contributed by atoms with Crippen molar-refractivity contribution in [1.29, 1.82) is 0 Å². The summed E-state index contributed by atoms with van der Waals surface area (Å²) < 4.78 is 2.34. The number of carbonyl (C=O) groups is 1. The first-order valence-electron chi connectivity index (χ1n) is 13.0. The Kier molecular flexibility index (Phi) is 6.41. The molecule has 1 saturated heterocycles. The van der Waals surface area contributed by atoms with Crippen molar-refractivity contribution < 1.29 is 9.90 Å². The number of likely N-dealkylation sites (tertiary alicyclic amines) is 1. The van der Waals surface area contributed by atoms with Crippen LogP contribution in [0.2, 0.25) is 0 Å². The quantitative estimate of drug-likeness (QED) is 0.669. The number of aliphatic imine (C=N–C) groups is 2. The van der Waals surface area contributed by atoms with E-state index in [-0.39, 0.29) is 24.0 Å². The van der Waals surface area contributed by atoms with Crippen LogP contribution in [0.4, 0.5) is 5.69 Å². The van der Waals surface area contributed by atoms with Crippen molar-refractivity contribution >= 4 is 34.7 Å². The third-order valence-corrected chi connectivity index (χ3v) is 7.89. The van der Waals surface area contributed by atoms with Crippen LogP contribution in [0.1, 0.15) is 40.5 Å². The Morgan fingerprint density at radius 2 is 2.00 bits per heavy atom. The zero-order chi connectivity index (χ0) is 25.5. The number of amidine groups is 1. The zero-order valence-corrected chi connectivity index (χ0v) is 21.8. The third kappa shape index (κ3) is 4.43. The largest absolute Gasteiger partial charge is 0.395 e. The van der Waals surface area contributed by atoms with Crippen LogP contribution in [0, 0.1) is 11.3 Å². The highest BCUT2D eigenvalue weighted by molar-refractivity contribution is 6.08. The first-order chi connectivity index (χ1) is 17.2. The lowest BCUT2D eigenvalue weighted by Crippen LogP contribution is -2.58. The molecule has 0 spiro atoms. The molecule has 1 aromatic heterocycles. The summed E-state index contributed by atoms with van der Waals surface area (Å²) in [7, 11) is 0. The number of aliphatic hydroxyl groups is 1. The van der Waals surface area contributed by atoms with Gasteiger partial charge in [0.15, 0.2) is 0 Å². The van der Waals surface area contributed by atoms with Crippen LogP contribution in [0.5, 0.6) is 0 Å². The maximum atomic E-state index is 12.6. The van der Waals surface area contributed by atoms with E-state index in [0.29, 0.717) is 12.5 Å². The molecule has 8 nitrogen and oxygen atoms in total. The average Bonchev–Trinajstić information content (AvgIpc) is 3.40. The zero-order valence-electron chi connectivity index (χ0n) is 21.8. The normalized spacial score (nSPS) is 24.4. The number of hydrogen-bond donors (Lipinski definition) is 2. The molecule has 2 unspecified atom stereocenters. The second-order valence-corrected chi connectivity index (χ2v) is 11.4. The van der Waals surface area contributed by atoms with Gasteiger partial charge in [0, 0.05) is 54.4 Å². The minimum atomic E-state index is -0.443. The predicted molar refractivity (Wildman–Crippen MR) is 145 cm³/mol. The summed E-state index contributed by atoms with van der Waals surface area (Å²) in [5.41, 5.74) is 1.45. The topological polar surface area (TPSA) is 85.5 Å².